The number of aromatic nitrogens is 1. The van der Waals surface area contributed by atoms with Crippen molar-refractivity contribution in [3.63, 3.8) is 0 Å². The van der Waals surface area contributed by atoms with Gasteiger partial charge in [-0.1, -0.05) is 29.8 Å². The molecule has 1 aliphatic heterocycles. The second-order valence-electron chi connectivity index (χ2n) is 5.83. The topological polar surface area (TPSA) is 71.2 Å². The van der Waals surface area contributed by atoms with E-state index in [0.29, 0.717) is 12.2 Å². The van der Waals surface area contributed by atoms with Crippen molar-refractivity contribution < 1.29 is 9.53 Å². The lowest BCUT2D eigenvalue weighted by atomic mass is 10.1. The number of aryl methyl sites for hydroxylation is 1. The molecule has 1 saturated heterocycles. The molecule has 0 bridgehead atoms. The van der Waals surface area contributed by atoms with Gasteiger partial charge in [0.05, 0.1) is 6.10 Å². The largest absolute Gasteiger partial charge is 0.376 e. The fourth-order valence-corrected chi connectivity index (χ4v) is 2.66. The summed E-state index contributed by atoms with van der Waals surface area (Å²) in [5.74, 6) is -0.364. The normalized spacial score (nSPS) is 17.2. The molecule has 0 saturated carbocycles. The number of benzene rings is 1. The highest BCUT2D eigenvalue weighted by Gasteiger charge is 2.18. The van der Waals surface area contributed by atoms with E-state index in [1.54, 1.807) is 12.1 Å². The molecule has 0 aliphatic carbocycles. The van der Waals surface area contributed by atoms with Gasteiger partial charge >= 0.3 is 0 Å². The van der Waals surface area contributed by atoms with Crippen LogP contribution in [0.2, 0.25) is 0 Å². The molecule has 2 heterocycles. The molecule has 0 spiro atoms. The minimum absolute atomic E-state index is 0.0601. The number of ether oxygens (including phenoxy) is 1. The van der Waals surface area contributed by atoms with E-state index in [9.17, 15) is 9.59 Å². The molecule has 5 heteroatoms. The molecule has 2 N–H and O–H groups in total. The summed E-state index contributed by atoms with van der Waals surface area (Å²) in [5, 5.41) is 2.76. The zero-order chi connectivity index (χ0) is 16.2. The van der Waals surface area contributed by atoms with Crippen LogP contribution in [0.15, 0.2) is 41.2 Å². The minimum Gasteiger partial charge on any atom is -0.376 e. The van der Waals surface area contributed by atoms with Crippen molar-refractivity contribution in [2.24, 2.45) is 0 Å². The van der Waals surface area contributed by atoms with E-state index >= 15 is 0 Å². The number of hydrogen-bond donors (Lipinski definition) is 2. The summed E-state index contributed by atoms with van der Waals surface area (Å²) >= 11 is 0. The highest BCUT2D eigenvalue weighted by molar-refractivity contribution is 5.94. The zero-order valence-corrected chi connectivity index (χ0v) is 13.1. The number of nitrogens with one attached hydrogen (secondary N) is 2. The molecule has 1 unspecified atom stereocenters. The van der Waals surface area contributed by atoms with E-state index in [-0.39, 0.29) is 23.1 Å². The van der Waals surface area contributed by atoms with Crippen LogP contribution in [0.5, 0.6) is 0 Å². The summed E-state index contributed by atoms with van der Waals surface area (Å²) in [6.45, 7) is 3.19. The van der Waals surface area contributed by atoms with E-state index in [0.717, 1.165) is 30.6 Å². The maximum atomic E-state index is 12.2. The Hall–Kier alpha value is -2.40. The van der Waals surface area contributed by atoms with Crippen LogP contribution in [0.3, 0.4) is 0 Å². The van der Waals surface area contributed by atoms with Crippen LogP contribution in [0.4, 0.5) is 0 Å². The predicted molar refractivity (Wildman–Crippen MR) is 88.5 cm³/mol. The molecular formula is C18H20N2O3. The molecule has 120 valence electrons. The first kappa shape index (κ1) is 15.5. The number of hydrogen-bond acceptors (Lipinski definition) is 3. The fraction of sp³-hybridized carbons (Fsp3) is 0.333. The third-order valence-electron chi connectivity index (χ3n) is 4.03. The molecule has 1 aliphatic rings. The van der Waals surface area contributed by atoms with Gasteiger partial charge in [-0.3, -0.25) is 9.59 Å². The van der Waals surface area contributed by atoms with Gasteiger partial charge in [-0.05, 0) is 37.5 Å². The second-order valence-corrected chi connectivity index (χ2v) is 5.83. The van der Waals surface area contributed by atoms with Crippen molar-refractivity contribution in [3.8, 4) is 11.3 Å². The van der Waals surface area contributed by atoms with Crippen LogP contribution in [-0.2, 0) is 4.74 Å². The van der Waals surface area contributed by atoms with Crippen molar-refractivity contribution >= 4 is 5.91 Å². The summed E-state index contributed by atoms with van der Waals surface area (Å²) in [4.78, 5) is 27.1. The van der Waals surface area contributed by atoms with Gasteiger partial charge in [-0.25, -0.2) is 0 Å². The number of carbonyl (C=O) groups excluding carboxylic acids is 1. The summed E-state index contributed by atoms with van der Waals surface area (Å²) < 4.78 is 5.46. The lowest BCUT2D eigenvalue weighted by Crippen LogP contribution is -2.35. The van der Waals surface area contributed by atoms with E-state index in [2.05, 4.69) is 10.3 Å². The number of rotatable bonds is 4. The van der Waals surface area contributed by atoms with Gasteiger partial charge < -0.3 is 15.0 Å². The number of H-pyrrole nitrogens is 1. The molecule has 0 radical (unpaired) electrons. The minimum atomic E-state index is -0.382. The fourth-order valence-electron chi connectivity index (χ4n) is 2.66. The summed E-state index contributed by atoms with van der Waals surface area (Å²) in [6, 6.07) is 11.2. The van der Waals surface area contributed by atoms with Gasteiger partial charge in [0.25, 0.3) is 11.5 Å². The van der Waals surface area contributed by atoms with Gasteiger partial charge in [-0.2, -0.15) is 0 Å². The Bertz CT molecular complexity index is 744. The Kier molecular flexibility index (Phi) is 4.57. The number of pyridine rings is 1. The summed E-state index contributed by atoms with van der Waals surface area (Å²) in [6.07, 6.45) is 2.03. The molecule has 5 nitrogen and oxygen atoms in total. The highest BCUT2D eigenvalue weighted by atomic mass is 16.5. The molecule has 23 heavy (non-hydrogen) atoms. The lowest BCUT2D eigenvalue weighted by molar-refractivity contribution is 0.0856. The van der Waals surface area contributed by atoms with Crippen LogP contribution >= 0.6 is 0 Å². The van der Waals surface area contributed by atoms with Crippen molar-refractivity contribution in [1.82, 2.24) is 10.3 Å². The molecular weight excluding hydrogens is 292 g/mol. The van der Waals surface area contributed by atoms with Gasteiger partial charge in [-0.15, -0.1) is 0 Å². The highest BCUT2D eigenvalue weighted by Crippen LogP contribution is 2.16. The van der Waals surface area contributed by atoms with Crippen LogP contribution in [0.25, 0.3) is 11.3 Å². The third-order valence-corrected chi connectivity index (χ3v) is 4.03. The standard InChI is InChI=1S/C18H20N2O3/c1-12-4-6-13(7-5-12)16-9-8-15(18(22)20-16)17(21)19-11-14-3-2-10-23-14/h4-9,14H,2-3,10-11H2,1H3,(H,19,21)(H,20,22). The van der Waals surface area contributed by atoms with E-state index in [1.165, 1.54) is 0 Å². The number of amides is 1. The van der Waals surface area contributed by atoms with Crippen molar-refractivity contribution in [1.29, 1.82) is 0 Å². The molecule has 1 aromatic heterocycles. The van der Waals surface area contributed by atoms with Crippen molar-refractivity contribution in [3.05, 3.63) is 57.9 Å². The first-order valence-corrected chi connectivity index (χ1v) is 7.83. The second kappa shape index (κ2) is 6.79. The zero-order valence-electron chi connectivity index (χ0n) is 13.1. The Morgan fingerprint density at radius 3 is 2.70 bits per heavy atom. The lowest BCUT2D eigenvalue weighted by Gasteiger charge is -2.10. The third kappa shape index (κ3) is 3.68. The van der Waals surface area contributed by atoms with Crippen molar-refractivity contribution in [2.45, 2.75) is 25.9 Å². The van der Waals surface area contributed by atoms with Crippen LogP contribution in [0.1, 0.15) is 28.8 Å². The monoisotopic (exact) mass is 312 g/mol. The Morgan fingerprint density at radius 2 is 2.04 bits per heavy atom. The SMILES string of the molecule is Cc1ccc(-c2ccc(C(=O)NCC3CCCO3)c(=O)[nH]2)cc1. The van der Waals surface area contributed by atoms with Crippen LogP contribution in [0, 0.1) is 6.92 Å². The van der Waals surface area contributed by atoms with E-state index < -0.39 is 0 Å². The van der Waals surface area contributed by atoms with E-state index in [1.807, 2.05) is 31.2 Å². The number of aromatic amines is 1. The maximum Gasteiger partial charge on any atom is 0.261 e. The van der Waals surface area contributed by atoms with Gasteiger partial charge in [0.1, 0.15) is 5.56 Å². The van der Waals surface area contributed by atoms with Gasteiger partial charge in [0.2, 0.25) is 0 Å². The molecule has 2 aromatic rings. The Balaban J connectivity index is 1.72. The van der Waals surface area contributed by atoms with Gasteiger partial charge in [0, 0.05) is 18.8 Å². The first-order chi connectivity index (χ1) is 11.1. The summed E-state index contributed by atoms with van der Waals surface area (Å²) in [7, 11) is 0. The summed E-state index contributed by atoms with van der Waals surface area (Å²) in [5.41, 5.74) is 2.51. The molecule has 1 aromatic carbocycles. The maximum absolute atomic E-state index is 12.2. The average molecular weight is 312 g/mol. The smallest absolute Gasteiger partial charge is 0.261 e. The Labute approximate surface area is 134 Å². The molecule has 1 atom stereocenters. The quantitative estimate of drug-likeness (QED) is 0.909. The predicted octanol–water partition coefficient (Wildman–Crippen LogP) is 2.26. The van der Waals surface area contributed by atoms with Crippen LogP contribution in [-0.4, -0.2) is 30.1 Å². The van der Waals surface area contributed by atoms with Crippen LogP contribution < -0.4 is 10.9 Å². The molecule has 1 fully saturated rings. The number of carbonyl (C=O) groups is 1. The average Bonchev–Trinajstić information content (AvgIpc) is 3.06. The molecule has 3 rings (SSSR count). The van der Waals surface area contributed by atoms with Gasteiger partial charge in [0.15, 0.2) is 0 Å². The molecule has 1 amide bonds. The van der Waals surface area contributed by atoms with Crippen molar-refractivity contribution in [2.75, 3.05) is 13.2 Å². The first-order valence-electron chi connectivity index (χ1n) is 7.83. The Morgan fingerprint density at radius 1 is 1.26 bits per heavy atom. The van der Waals surface area contributed by atoms with E-state index in [4.69, 9.17) is 4.74 Å².